The Kier molecular flexibility index (Phi) is 3.07. The number of piperidine rings is 1. The van der Waals surface area contributed by atoms with Gasteiger partial charge in [-0.15, -0.1) is 10.2 Å². The van der Waals surface area contributed by atoms with Crippen LogP contribution in [0.25, 0.3) is 0 Å². The number of hydrogen-bond acceptors (Lipinski definition) is 4. The molecule has 82 valence electrons. The quantitative estimate of drug-likeness (QED) is 0.785. The molecule has 2 N–H and O–H groups in total. The van der Waals surface area contributed by atoms with Gasteiger partial charge in [0.25, 0.3) is 0 Å². The Bertz CT molecular complexity index is 317. The molecule has 1 fully saturated rings. The number of anilines is 1. The molecule has 15 heavy (non-hydrogen) atoms. The average Bonchev–Trinajstić information content (AvgIpc) is 2.17. The summed E-state index contributed by atoms with van der Waals surface area (Å²) in [5, 5.41) is 8.32. The number of hydrogen-bond donors (Lipinski definition) is 1. The second kappa shape index (κ2) is 4.33. The van der Waals surface area contributed by atoms with E-state index < -0.39 is 0 Å². The number of nitrogens with zero attached hydrogens (tertiary/aromatic N) is 3. The molecule has 0 radical (unpaired) electrons. The number of halogens is 1. The van der Waals surface area contributed by atoms with Crippen molar-refractivity contribution in [1.29, 1.82) is 0 Å². The molecule has 1 aromatic heterocycles. The fourth-order valence-electron chi connectivity index (χ4n) is 2.06. The van der Waals surface area contributed by atoms with E-state index in [0.29, 0.717) is 11.1 Å². The van der Waals surface area contributed by atoms with Crippen molar-refractivity contribution in [3.63, 3.8) is 0 Å². The Hall–Kier alpha value is -0.870. The molecule has 1 aliphatic rings. The average molecular weight is 227 g/mol. The molecule has 0 spiro atoms. The highest BCUT2D eigenvalue weighted by Gasteiger charge is 2.23. The van der Waals surface area contributed by atoms with E-state index in [9.17, 15) is 0 Å². The fraction of sp³-hybridized carbons (Fsp3) is 0.600. The van der Waals surface area contributed by atoms with Crippen molar-refractivity contribution in [3.8, 4) is 0 Å². The summed E-state index contributed by atoms with van der Waals surface area (Å²) in [6.07, 6.45) is 1.08. The predicted octanol–water partition coefficient (Wildman–Crippen LogP) is 1.30. The van der Waals surface area contributed by atoms with Gasteiger partial charge in [0.15, 0.2) is 11.0 Å². The van der Waals surface area contributed by atoms with Crippen LogP contribution in [0.3, 0.4) is 0 Å². The van der Waals surface area contributed by atoms with Crippen molar-refractivity contribution in [2.75, 3.05) is 18.0 Å². The summed E-state index contributed by atoms with van der Waals surface area (Å²) in [4.78, 5) is 2.17. The summed E-state index contributed by atoms with van der Waals surface area (Å²) >= 11 is 5.69. The lowest BCUT2D eigenvalue weighted by Gasteiger charge is -2.35. The molecule has 0 aromatic carbocycles. The van der Waals surface area contributed by atoms with Crippen molar-refractivity contribution >= 4 is 17.4 Å². The fourth-order valence-corrected chi connectivity index (χ4v) is 2.17. The number of aromatic nitrogens is 2. The molecule has 5 heteroatoms. The van der Waals surface area contributed by atoms with Crippen molar-refractivity contribution in [1.82, 2.24) is 10.2 Å². The van der Waals surface area contributed by atoms with Gasteiger partial charge in [-0.3, -0.25) is 0 Å². The van der Waals surface area contributed by atoms with Gasteiger partial charge in [0.05, 0.1) is 0 Å². The zero-order valence-corrected chi connectivity index (χ0v) is 9.48. The largest absolute Gasteiger partial charge is 0.353 e. The first kappa shape index (κ1) is 10.6. The summed E-state index contributed by atoms with van der Waals surface area (Å²) < 4.78 is 0. The summed E-state index contributed by atoms with van der Waals surface area (Å²) in [6.45, 7) is 4.04. The van der Waals surface area contributed by atoms with Gasteiger partial charge in [0.2, 0.25) is 0 Å². The lowest BCUT2D eigenvalue weighted by molar-refractivity contribution is 0.399. The van der Waals surface area contributed by atoms with Crippen LogP contribution in [0.4, 0.5) is 5.82 Å². The van der Waals surface area contributed by atoms with Crippen LogP contribution in [0, 0.1) is 5.92 Å². The zero-order chi connectivity index (χ0) is 10.8. The van der Waals surface area contributed by atoms with Gasteiger partial charge in [-0.05, 0) is 24.5 Å². The molecular formula is C10H15ClN4. The summed E-state index contributed by atoms with van der Waals surface area (Å²) in [5.74, 6) is 1.47. The Morgan fingerprint density at radius 2 is 2.20 bits per heavy atom. The van der Waals surface area contributed by atoms with Crippen LogP contribution >= 0.6 is 11.6 Å². The molecule has 0 saturated carbocycles. The molecule has 1 aromatic rings. The van der Waals surface area contributed by atoms with E-state index in [0.717, 1.165) is 25.3 Å². The van der Waals surface area contributed by atoms with Gasteiger partial charge in [0.1, 0.15) is 0 Å². The van der Waals surface area contributed by atoms with Crippen LogP contribution in [0.5, 0.6) is 0 Å². The third-order valence-electron chi connectivity index (χ3n) is 2.63. The first-order chi connectivity index (χ1) is 7.15. The first-order valence-electron chi connectivity index (χ1n) is 5.15. The maximum atomic E-state index is 5.97. The second-order valence-electron chi connectivity index (χ2n) is 4.22. The zero-order valence-electron chi connectivity index (χ0n) is 8.73. The molecule has 2 heterocycles. The maximum absolute atomic E-state index is 5.97. The Morgan fingerprint density at radius 3 is 2.80 bits per heavy atom. The van der Waals surface area contributed by atoms with E-state index in [4.69, 9.17) is 17.3 Å². The van der Waals surface area contributed by atoms with E-state index >= 15 is 0 Å². The molecule has 1 saturated heterocycles. The lowest BCUT2D eigenvalue weighted by atomic mass is 9.97. The van der Waals surface area contributed by atoms with Crippen LogP contribution in [0.1, 0.15) is 13.3 Å². The van der Waals surface area contributed by atoms with Gasteiger partial charge < -0.3 is 10.6 Å². The smallest absolute Gasteiger partial charge is 0.151 e. The molecule has 0 aliphatic carbocycles. The monoisotopic (exact) mass is 226 g/mol. The molecule has 2 unspecified atom stereocenters. The van der Waals surface area contributed by atoms with Crippen LogP contribution in [0.2, 0.25) is 5.15 Å². The van der Waals surface area contributed by atoms with Gasteiger partial charge >= 0.3 is 0 Å². The number of rotatable bonds is 1. The summed E-state index contributed by atoms with van der Waals surface area (Å²) in [6, 6.07) is 3.88. The Labute approximate surface area is 94.4 Å². The van der Waals surface area contributed by atoms with Crippen molar-refractivity contribution in [3.05, 3.63) is 17.3 Å². The molecule has 0 bridgehead atoms. The van der Waals surface area contributed by atoms with Crippen molar-refractivity contribution < 1.29 is 0 Å². The first-order valence-corrected chi connectivity index (χ1v) is 5.52. The molecule has 2 rings (SSSR count). The normalized spacial score (nSPS) is 26.7. The minimum Gasteiger partial charge on any atom is -0.353 e. The molecular weight excluding hydrogens is 212 g/mol. The SMILES string of the molecule is CC1CC(N)CN(c2ccc(Cl)nn2)C1. The van der Waals surface area contributed by atoms with Gasteiger partial charge in [-0.25, -0.2) is 0 Å². The molecule has 4 nitrogen and oxygen atoms in total. The van der Waals surface area contributed by atoms with E-state index in [1.54, 1.807) is 6.07 Å². The third kappa shape index (κ3) is 2.58. The topological polar surface area (TPSA) is 55.0 Å². The highest BCUT2D eigenvalue weighted by atomic mass is 35.5. The third-order valence-corrected chi connectivity index (χ3v) is 2.84. The van der Waals surface area contributed by atoms with Crippen LogP contribution in [-0.4, -0.2) is 29.3 Å². The standard InChI is InChI=1S/C10H15ClN4/c1-7-4-8(12)6-15(5-7)10-3-2-9(11)13-14-10/h2-3,7-8H,4-6,12H2,1H3. The highest BCUT2D eigenvalue weighted by molar-refractivity contribution is 6.29. The van der Waals surface area contributed by atoms with Gasteiger partial charge in [-0.1, -0.05) is 18.5 Å². The maximum Gasteiger partial charge on any atom is 0.151 e. The van der Waals surface area contributed by atoms with Crippen molar-refractivity contribution in [2.24, 2.45) is 11.7 Å². The Morgan fingerprint density at radius 1 is 1.40 bits per heavy atom. The minimum atomic E-state index is 0.228. The molecule has 1 aliphatic heterocycles. The summed E-state index contributed by atoms with van der Waals surface area (Å²) in [5.41, 5.74) is 5.97. The van der Waals surface area contributed by atoms with E-state index in [1.165, 1.54) is 0 Å². The molecule has 0 amide bonds. The van der Waals surface area contributed by atoms with E-state index in [2.05, 4.69) is 22.0 Å². The van der Waals surface area contributed by atoms with Gasteiger partial charge in [0, 0.05) is 19.1 Å². The van der Waals surface area contributed by atoms with Gasteiger partial charge in [-0.2, -0.15) is 0 Å². The number of nitrogens with two attached hydrogens (primary N) is 1. The van der Waals surface area contributed by atoms with E-state index in [-0.39, 0.29) is 6.04 Å². The predicted molar refractivity (Wildman–Crippen MR) is 61.0 cm³/mol. The Balaban J connectivity index is 2.12. The molecule has 2 atom stereocenters. The van der Waals surface area contributed by atoms with Crippen LogP contribution in [-0.2, 0) is 0 Å². The van der Waals surface area contributed by atoms with Crippen LogP contribution < -0.4 is 10.6 Å². The minimum absolute atomic E-state index is 0.228. The highest BCUT2D eigenvalue weighted by Crippen LogP contribution is 2.20. The van der Waals surface area contributed by atoms with Crippen molar-refractivity contribution in [2.45, 2.75) is 19.4 Å². The lowest BCUT2D eigenvalue weighted by Crippen LogP contribution is -2.46. The van der Waals surface area contributed by atoms with E-state index in [1.807, 2.05) is 6.07 Å². The summed E-state index contributed by atoms with van der Waals surface area (Å²) in [7, 11) is 0. The van der Waals surface area contributed by atoms with Crippen LogP contribution in [0.15, 0.2) is 12.1 Å². The second-order valence-corrected chi connectivity index (χ2v) is 4.61.